The number of benzene rings is 4. The van der Waals surface area contributed by atoms with Crippen LogP contribution < -0.4 is 28.4 Å². The highest BCUT2D eigenvalue weighted by atomic mass is 16.5. The summed E-state index contributed by atoms with van der Waals surface area (Å²) in [6.45, 7) is 0. The quantitative estimate of drug-likeness (QED) is 0.189. The molecule has 0 saturated carbocycles. The van der Waals surface area contributed by atoms with Gasteiger partial charge in [-0.25, -0.2) is 4.98 Å². The number of imidazole rings is 1. The van der Waals surface area contributed by atoms with Gasteiger partial charge in [0.15, 0.2) is 23.0 Å². The maximum Gasteiger partial charge on any atom is 0.162 e. The van der Waals surface area contributed by atoms with Crippen LogP contribution in [0.5, 0.6) is 34.5 Å². The van der Waals surface area contributed by atoms with Crippen LogP contribution in [0.25, 0.3) is 49.8 Å². The summed E-state index contributed by atoms with van der Waals surface area (Å²) < 4.78 is 36.2. The van der Waals surface area contributed by atoms with Crippen molar-refractivity contribution in [2.45, 2.75) is 0 Å². The molecule has 0 atom stereocenters. The Morgan fingerprint density at radius 1 is 0.512 bits per heavy atom. The number of methoxy groups -OCH3 is 6. The highest BCUT2D eigenvalue weighted by Gasteiger charge is 2.24. The number of rotatable bonds is 8. The number of hydrogen-bond donors (Lipinski definition) is 0. The lowest BCUT2D eigenvalue weighted by Gasteiger charge is -2.16. The molecule has 2 aromatic heterocycles. The zero-order valence-electron chi connectivity index (χ0n) is 23.8. The second kappa shape index (κ2) is 10.5. The van der Waals surface area contributed by atoms with E-state index in [0.29, 0.717) is 23.0 Å². The first kappa shape index (κ1) is 26.1. The van der Waals surface area contributed by atoms with Crippen molar-refractivity contribution in [1.82, 2.24) is 9.38 Å². The normalized spacial score (nSPS) is 11.2. The summed E-state index contributed by atoms with van der Waals surface area (Å²) in [7, 11) is 9.85. The highest BCUT2D eigenvalue weighted by molar-refractivity contribution is 6.15. The number of fused-ring (bicyclic) bond motifs is 6. The second-order valence-electron chi connectivity index (χ2n) is 9.41. The molecule has 41 heavy (non-hydrogen) atoms. The zero-order valence-corrected chi connectivity index (χ0v) is 23.8. The fourth-order valence-corrected chi connectivity index (χ4v) is 5.40. The van der Waals surface area contributed by atoms with Gasteiger partial charge in [-0.2, -0.15) is 0 Å². The molecule has 208 valence electrons. The van der Waals surface area contributed by atoms with E-state index in [2.05, 4.69) is 10.5 Å². The Balaban J connectivity index is 1.88. The van der Waals surface area contributed by atoms with Gasteiger partial charge in [-0.15, -0.1) is 0 Å². The molecule has 6 aromatic rings. The van der Waals surface area contributed by atoms with Crippen molar-refractivity contribution in [2.24, 2.45) is 0 Å². The van der Waals surface area contributed by atoms with Crippen molar-refractivity contribution in [3.63, 3.8) is 0 Å². The third-order valence-corrected chi connectivity index (χ3v) is 7.36. The third-order valence-electron chi connectivity index (χ3n) is 7.36. The van der Waals surface area contributed by atoms with Gasteiger partial charge in [0.25, 0.3) is 0 Å². The molecule has 4 aromatic carbocycles. The standard InChI is InChI=1S/C33H30N2O6/c1-36-21-11-7-9-19(13-21)31-32(20-10-8-12-22(14-20)37-2)35-26-18-30(41-6)28(39-4)16-24(26)23-15-27(38-3)29(40-5)17-25(23)33(35)34-31/h7-18H,1-6H3. The van der Waals surface area contributed by atoms with Crippen molar-refractivity contribution in [3.8, 4) is 57.0 Å². The first-order chi connectivity index (χ1) is 20.0. The molecule has 0 aliphatic carbocycles. The molecule has 0 aliphatic heterocycles. The minimum atomic E-state index is 0.606. The van der Waals surface area contributed by atoms with Crippen molar-refractivity contribution in [1.29, 1.82) is 0 Å². The van der Waals surface area contributed by atoms with E-state index in [9.17, 15) is 0 Å². The minimum Gasteiger partial charge on any atom is -0.497 e. The Bertz CT molecular complexity index is 1930. The SMILES string of the molecule is COc1cccc(-c2nc3c4cc(OC)c(OC)cc4c4cc(OC)c(OC)cc4n3c2-c2cccc(OC)c2)c1. The summed E-state index contributed by atoms with van der Waals surface area (Å²) in [6.07, 6.45) is 0. The Kier molecular flexibility index (Phi) is 6.67. The maximum atomic E-state index is 5.75. The van der Waals surface area contributed by atoms with E-state index in [1.165, 1.54) is 0 Å². The lowest BCUT2D eigenvalue weighted by atomic mass is 10.0. The lowest BCUT2D eigenvalue weighted by Crippen LogP contribution is -1.99. The van der Waals surface area contributed by atoms with Crippen LogP contribution in [0.3, 0.4) is 0 Å². The third kappa shape index (κ3) is 4.19. The minimum absolute atomic E-state index is 0.606. The molecule has 0 unspecified atom stereocenters. The number of pyridine rings is 1. The van der Waals surface area contributed by atoms with Gasteiger partial charge >= 0.3 is 0 Å². The van der Waals surface area contributed by atoms with E-state index in [-0.39, 0.29) is 0 Å². The molecule has 0 N–H and O–H groups in total. The topological polar surface area (TPSA) is 72.7 Å². The Hall–Kier alpha value is -5.11. The first-order valence-corrected chi connectivity index (χ1v) is 13.0. The van der Waals surface area contributed by atoms with E-state index in [1.807, 2.05) is 66.7 Å². The Labute approximate surface area is 237 Å². The van der Waals surface area contributed by atoms with Gasteiger partial charge in [-0.05, 0) is 47.9 Å². The molecule has 8 nitrogen and oxygen atoms in total. The first-order valence-electron chi connectivity index (χ1n) is 13.0. The van der Waals surface area contributed by atoms with Crippen molar-refractivity contribution < 1.29 is 28.4 Å². The van der Waals surface area contributed by atoms with E-state index in [1.54, 1.807) is 42.7 Å². The van der Waals surface area contributed by atoms with E-state index >= 15 is 0 Å². The van der Waals surface area contributed by atoms with Gasteiger partial charge in [0.05, 0.1) is 59.6 Å². The maximum absolute atomic E-state index is 5.75. The van der Waals surface area contributed by atoms with E-state index in [0.717, 1.165) is 61.3 Å². The number of ether oxygens (including phenoxy) is 6. The molecular formula is C33H30N2O6. The van der Waals surface area contributed by atoms with Crippen LogP contribution in [0, 0.1) is 0 Å². The summed E-state index contributed by atoms with van der Waals surface area (Å²) >= 11 is 0. The monoisotopic (exact) mass is 550 g/mol. The van der Waals surface area contributed by atoms with Gasteiger partial charge in [0, 0.05) is 28.0 Å². The molecule has 2 heterocycles. The molecule has 0 amide bonds. The average Bonchev–Trinajstić information content (AvgIpc) is 3.44. The van der Waals surface area contributed by atoms with Crippen molar-refractivity contribution >= 4 is 27.3 Å². The van der Waals surface area contributed by atoms with Crippen LogP contribution in [0.2, 0.25) is 0 Å². The van der Waals surface area contributed by atoms with E-state index in [4.69, 9.17) is 33.4 Å². The lowest BCUT2D eigenvalue weighted by molar-refractivity contribution is 0.355. The van der Waals surface area contributed by atoms with Crippen molar-refractivity contribution in [2.75, 3.05) is 42.7 Å². The van der Waals surface area contributed by atoms with Gasteiger partial charge in [0.2, 0.25) is 0 Å². The van der Waals surface area contributed by atoms with Crippen LogP contribution >= 0.6 is 0 Å². The van der Waals surface area contributed by atoms with Crippen molar-refractivity contribution in [3.05, 3.63) is 72.8 Å². The molecule has 0 saturated heterocycles. The number of hydrogen-bond acceptors (Lipinski definition) is 7. The molecule has 0 aliphatic rings. The molecule has 0 radical (unpaired) electrons. The van der Waals surface area contributed by atoms with Gasteiger partial charge in [0.1, 0.15) is 17.1 Å². The zero-order chi connectivity index (χ0) is 28.7. The molecule has 6 rings (SSSR count). The molecule has 0 fully saturated rings. The smallest absolute Gasteiger partial charge is 0.162 e. The summed E-state index contributed by atoms with van der Waals surface area (Å²) in [5.41, 5.74) is 5.16. The van der Waals surface area contributed by atoms with Gasteiger partial charge in [-0.1, -0.05) is 24.3 Å². The summed E-state index contributed by atoms with van der Waals surface area (Å²) in [6, 6.07) is 23.8. The van der Waals surface area contributed by atoms with E-state index < -0.39 is 0 Å². The fourth-order valence-electron chi connectivity index (χ4n) is 5.40. The summed E-state index contributed by atoms with van der Waals surface area (Å²) in [4.78, 5) is 5.30. The van der Waals surface area contributed by atoms with Crippen LogP contribution in [-0.4, -0.2) is 52.0 Å². The fraction of sp³-hybridized carbons (Fsp3) is 0.182. The van der Waals surface area contributed by atoms with Crippen LogP contribution in [0.15, 0.2) is 72.8 Å². The summed E-state index contributed by atoms with van der Waals surface area (Å²) in [5.74, 6) is 3.93. The molecule has 8 heteroatoms. The van der Waals surface area contributed by atoms with Gasteiger partial charge < -0.3 is 28.4 Å². The Morgan fingerprint density at radius 2 is 1.02 bits per heavy atom. The number of nitrogens with zero attached hydrogens (tertiary/aromatic N) is 2. The largest absolute Gasteiger partial charge is 0.497 e. The van der Waals surface area contributed by atoms with Crippen LogP contribution in [0.1, 0.15) is 0 Å². The highest BCUT2D eigenvalue weighted by Crippen LogP contribution is 2.45. The average molecular weight is 551 g/mol. The molecular weight excluding hydrogens is 520 g/mol. The molecule has 0 spiro atoms. The number of aromatic nitrogens is 2. The van der Waals surface area contributed by atoms with Crippen LogP contribution in [0.4, 0.5) is 0 Å². The summed E-state index contributed by atoms with van der Waals surface area (Å²) in [5, 5.41) is 2.76. The predicted octanol–water partition coefficient (Wildman–Crippen LogP) is 7.03. The van der Waals surface area contributed by atoms with Crippen LogP contribution in [-0.2, 0) is 0 Å². The predicted molar refractivity (Wildman–Crippen MR) is 160 cm³/mol. The molecule has 0 bridgehead atoms. The Morgan fingerprint density at radius 3 is 1.61 bits per heavy atom. The second-order valence-corrected chi connectivity index (χ2v) is 9.41. The van der Waals surface area contributed by atoms with Gasteiger partial charge in [-0.3, -0.25) is 4.40 Å².